The predicted molar refractivity (Wildman–Crippen MR) is 78.7 cm³/mol. The molecule has 0 aromatic carbocycles. The number of esters is 1. The van der Waals surface area contributed by atoms with Crippen molar-refractivity contribution in [3.8, 4) is 17.0 Å². The van der Waals surface area contributed by atoms with E-state index in [2.05, 4.69) is 9.97 Å². The van der Waals surface area contributed by atoms with Crippen LogP contribution in [0.2, 0.25) is 0 Å². The largest absolute Gasteiger partial charge is 0.480 e. The van der Waals surface area contributed by atoms with Crippen LogP contribution in [0.15, 0.2) is 24.4 Å². The van der Waals surface area contributed by atoms with Gasteiger partial charge in [-0.1, -0.05) is 6.07 Å². The number of aromatic nitrogens is 2. The third-order valence-corrected chi connectivity index (χ3v) is 2.96. The van der Waals surface area contributed by atoms with Crippen molar-refractivity contribution in [3.63, 3.8) is 0 Å². The van der Waals surface area contributed by atoms with Gasteiger partial charge in [0, 0.05) is 23.5 Å². The van der Waals surface area contributed by atoms with Crippen molar-refractivity contribution < 1.29 is 18.7 Å². The molecule has 7 heteroatoms. The first-order chi connectivity index (χ1) is 10.6. The second-order valence-corrected chi connectivity index (χ2v) is 4.40. The van der Waals surface area contributed by atoms with Gasteiger partial charge in [0.15, 0.2) is 0 Å². The molecule has 22 heavy (non-hydrogen) atoms. The second-order valence-electron chi connectivity index (χ2n) is 4.40. The molecule has 116 valence electrons. The molecule has 0 aliphatic rings. The highest BCUT2D eigenvalue weighted by Crippen LogP contribution is 2.35. The molecule has 0 aliphatic heterocycles. The topological polar surface area (TPSA) is 87.3 Å². The maximum atomic E-state index is 13.4. The first-order valence-electron chi connectivity index (χ1n) is 6.66. The first kappa shape index (κ1) is 15.7. The van der Waals surface area contributed by atoms with Crippen LogP contribution < -0.4 is 10.5 Å². The Kier molecular flexibility index (Phi) is 4.88. The predicted octanol–water partition coefficient (Wildman–Crippen LogP) is 1.98. The van der Waals surface area contributed by atoms with Gasteiger partial charge in [-0.3, -0.25) is 9.78 Å². The average Bonchev–Trinajstić information content (AvgIpc) is 2.47. The number of ether oxygens (including phenoxy) is 2. The molecule has 0 amide bonds. The first-order valence-corrected chi connectivity index (χ1v) is 6.66. The fourth-order valence-corrected chi connectivity index (χ4v) is 2.08. The number of nitrogens with two attached hydrogens (primary N) is 1. The lowest BCUT2D eigenvalue weighted by Gasteiger charge is -2.13. The standard InChI is InChI=1S/C15H16FN3O3/c1-3-22-13(20)8-11-9(5-4-6-18-11)14-10(17)7-12(16)19-15(14)21-2/h4-7H,3,8H2,1-2H3,(H2,17,19). The van der Waals surface area contributed by atoms with E-state index in [1.165, 1.54) is 7.11 Å². The van der Waals surface area contributed by atoms with Crippen molar-refractivity contribution in [1.29, 1.82) is 0 Å². The normalized spacial score (nSPS) is 10.3. The molecular formula is C15H16FN3O3. The van der Waals surface area contributed by atoms with E-state index in [0.29, 0.717) is 16.8 Å². The van der Waals surface area contributed by atoms with Crippen molar-refractivity contribution in [3.05, 3.63) is 36.0 Å². The lowest BCUT2D eigenvalue weighted by atomic mass is 10.0. The molecule has 0 unspecified atom stereocenters. The second kappa shape index (κ2) is 6.84. The third-order valence-electron chi connectivity index (χ3n) is 2.96. The number of pyridine rings is 2. The number of methoxy groups -OCH3 is 1. The van der Waals surface area contributed by atoms with Gasteiger partial charge in [-0.15, -0.1) is 0 Å². The van der Waals surface area contributed by atoms with Gasteiger partial charge in [0.1, 0.15) is 0 Å². The highest BCUT2D eigenvalue weighted by Gasteiger charge is 2.19. The van der Waals surface area contributed by atoms with Crippen molar-refractivity contribution in [2.45, 2.75) is 13.3 Å². The highest BCUT2D eigenvalue weighted by molar-refractivity contribution is 5.84. The summed E-state index contributed by atoms with van der Waals surface area (Å²) in [5.74, 6) is -1.11. The van der Waals surface area contributed by atoms with Crippen molar-refractivity contribution in [2.24, 2.45) is 0 Å². The van der Waals surface area contributed by atoms with Crippen LogP contribution >= 0.6 is 0 Å². The fourth-order valence-electron chi connectivity index (χ4n) is 2.08. The van der Waals surface area contributed by atoms with Gasteiger partial charge in [-0.25, -0.2) is 0 Å². The molecule has 2 aromatic heterocycles. The number of halogens is 1. The van der Waals surface area contributed by atoms with Gasteiger partial charge < -0.3 is 15.2 Å². The monoisotopic (exact) mass is 305 g/mol. The SMILES string of the molecule is CCOC(=O)Cc1ncccc1-c1c(N)cc(F)nc1OC. The van der Waals surface area contributed by atoms with Crippen LogP contribution in [0, 0.1) is 5.95 Å². The molecule has 2 N–H and O–H groups in total. The van der Waals surface area contributed by atoms with E-state index in [9.17, 15) is 9.18 Å². The van der Waals surface area contributed by atoms with Crippen LogP contribution in [-0.2, 0) is 16.0 Å². The summed E-state index contributed by atoms with van der Waals surface area (Å²) in [5, 5.41) is 0. The Morgan fingerprint density at radius 1 is 1.45 bits per heavy atom. The molecule has 2 rings (SSSR count). The molecule has 0 spiro atoms. The number of carbonyl (C=O) groups excluding carboxylic acids is 1. The zero-order valence-electron chi connectivity index (χ0n) is 12.3. The molecule has 0 aliphatic carbocycles. The summed E-state index contributed by atoms with van der Waals surface area (Å²) in [6, 6.07) is 4.50. The molecule has 0 saturated carbocycles. The molecule has 2 aromatic rings. The lowest BCUT2D eigenvalue weighted by Crippen LogP contribution is -2.10. The number of anilines is 1. The summed E-state index contributed by atoms with van der Waals surface area (Å²) in [7, 11) is 1.37. The minimum Gasteiger partial charge on any atom is -0.480 e. The summed E-state index contributed by atoms with van der Waals surface area (Å²) in [6.45, 7) is 2.01. The minimum atomic E-state index is -0.742. The van der Waals surface area contributed by atoms with Crippen LogP contribution in [0.1, 0.15) is 12.6 Å². The Hall–Kier alpha value is -2.70. The van der Waals surface area contributed by atoms with Gasteiger partial charge in [-0.05, 0) is 13.0 Å². The van der Waals surface area contributed by atoms with E-state index >= 15 is 0 Å². The highest BCUT2D eigenvalue weighted by atomic mass is 19.1. The molecule has 0 bridgehead atoms. The van der Waals surface area contributed by atoms with E-state index in [0.717, 1.165) is 6.07 Å². The number of carbonyl (C=O) groups is 1. The van der Waals surface area contributed by atoms with Crippen LogP contribution in [0.3, 0.4) is 0 Å². The van der Waals surface area contributed by atoms with Gasteiger partial charge in [0.25, 0.3) is 0 Å². The van der Waals surface area contributed by atoms with Gasteiger partial charge in [0.2, 0.25) is 11.8 Å². The maximum absolute atomic E-state index is 13.4. The van der Waals surface area contributed by atoms with Gasteiger partial charge >= 0.3 is 5.97 Å². The molecule has 0 atom stereocenters. The Balaban J connectivity index is 2.52. The summed E-state index contributed by atoms with van der Waals surface area (Å²) in [4.78, 5) is 19.5. The Bertz CT molecular complexity index is 692. The summed E-state index contributed by atoms with van der Waals surface area (Å²) in [6.07, 6.45) is 1.53. The number of nitrogens with zero attached hydrogens (tertiary/aromatic N) is 2. The zero-order valence-corrected chi connectivity index (χ0v) is 12.3. The smallest absolute Gasteiger partial charge is 0.311 e. The van der Waals surface area contributed by atoms with E-state index < -0.39 is 11.9 Å². The van der Waals surface area contributed by atoms with E-state index in [1.807, 2.05) is 0 Å². The van der Waals surface area contributed by atoms with E-state index in [-0.39, 0.29) is 24.6 Å². The Morgan fingerprint density at radius 2 is 2.23 bits per heavy atom. The van der Waals surface area contributed by atoms with Gasteiger partial charge in [0.05, 0.1) is 31.4 Å². The van der Waals surface area contributed by atoms with Crippen molar-refractivity contribution in [1.82, 2.24) is 9.97 Å². The Morgan fingerprint density at radius 3 is 2.91 bits per heavy atom. The molecule has 2 heterocycles. The molecular weight excluding hydrogens is 289 g/mol. The van der Waals surface area contributed by atoms with E-state index in [4.69, 9.17) is 15.2 Å². The molecule has 6 nitrogen and oxygen atoms in total. The van der Waals surface area contributed by atoms with Crippen LogP contribution in [0.25, 0.3) is 11.1 Å². The summed E-state index contributed by atoms with van der Waals surface area (Å²) in [5.41, 5.74) is 7.45. The number of nitrogen functional groups attached to an aromatic ring is 1. The average molecular weight is 305 g/mol. The maximum Gasteiger partial charge on any atom is 0.311 e. The zero-order chi connectivity index (χ0) is 16.1. The number of hydrogen-bond donors (Lipinski definition) is 1. The van der Waals surface area contributed by atoms with Gasteiger partial charge in [-0.2, -0.15) is 9.37 Å². The van der Waals surface area contributed by atoms with Crippen LogP contribution in [-0.4, -0.2) is 29.7 Å². The third kappa shape index (κ3) is 3.30. The molecule has 0 radical (unpaired) electrons. The van der Waals surface area contributed by atoms with E-state index in [1.54, 1.807) is 25.3 Å². The quantitative estimate of drug-likeness (QED) is 0.671. The van der Waals surface area contributed by atoms with Crippen molar-refractivity contribution in [2.75, 3.05) is 19.5 Å². The van der Waals surface area contributed by atoms with Crippen LogP contribution in [0.4, 0.5) is 10.1 Å². The molecule has 0 saturated heterocycles. The number of rotatable bonds is 5. The Labute approximate surface area is 127 Å². The minimum absolute atomic E-state index is 0.0238. The number of hydrogen-bond acceptors (Lipinski definition) is 6. The van der Waals surface area contributed by atoms with Crippen molar-refractivity contribution >= 4 is 11.7 Å². The molecule has 0 fully saturated rings. The van der Waals surface area contributed by atoms with Crippen LogP contribution in [0.5, 0.6) is 5.88 Å². The fraction of sp³-hybridized carbons (Fsp3) is 0.267. The lowest BCUT2D eigenvalue weighted by molar-refractivity contribution is -0.142. The summed E-state index contributed by atoms with van der Waals surface area (Å²) >= 11 is 0. The summed E-state index contributed by atoms with van der Waals surface area (Å²) < 4.78 is 23.4.